The summed E-state index contributed by atoms with van der Waals surface area (Å²) in [6, 6.07) is 19.0. The van der Waals surface area contributed by atoms with Crippen LogP contribution in [0.3, 0.4) is 0 Å². The maximum Gasteiger partial charge on any atom is 0.261 e. The molecule has 0 aliphatic carbocycles. The minimum Gasteiger partial charge on any atom is -0.280 e. The molecule has 5 aromatic rings. The number of fused-ring (bicyclic) bond motifs is 3. The number of sulfonamides is 2. The van der Waals surface area contributed by atoms with Gasteiger partial charge in [-0.05, 0) is 84.9 Å². The molecule has 4 aromatic carbocycles. The molecule has 11 heteroatoms. The average molecular weight is 531 g/mol. The van der Waals surface area contributed by atoms with Crippen LogP contribution < -0.4 is 9.44 Å². The molecule has 0 saturated heterocycles. The van der Waals surface area contributed by atoms with E-state index in [1.165, 1.54) is 59.9 Å². The first-order valence-electron chi connectivity index (χ1n) is 10.1. The van der Waals surface area contributed by atoms with E-state index in [1.807, 2.05) is 0 Å². The second-order valence-electron chi connectivity index (χ2n) is 7.64. The van der Waals surface area contributed by atoms with Crippen molar-refractivity contribution in [3.05, 3.63) is 96.6 Å². The van der Waals surface area contributed by atoms with Crippen LogP contribution in [-0.4, -0.2) is 16.8 Å². The maximum absolute atomic E-state index is 13.1. The predicted octanol–water partition coefficient (Wildman–Crippen LogP) is 5.93. The molecule has 0 amide bonds. The molecule has 0 unspecified atom stereocenters. The van der Waals surface area contributed by atoms with E-state index in [4.69, 9.17) is 0 Å². The van der Waals surface area contributed by atoms with Gasteiger partial charge in [-0.15, -0.1) is 11.3 Å². The number of rotatable bonds is 6. The van der Waals surface area contributed by atoms with Crippen molar-refractivity contribution in [2.45, 2.75) is 9.79 Å². The van der Waals surface area contributed by atoms with Crippen LogP contribution in [0, 0.1) is 11.6 Å². The normalized spacial score (nSPS) is 12.2. The van der Waals surface area contributed by atoms with Crippen molar-refractivity contribution < 1.29 is 25.6 Å². The van der Waals surface area contributed by atoms with Gasteiger partial charge in [0.05, 0.1) is 9.79 Å². The molecule has 0 radical (unpaired) electrons. The van der Waals surface area contributed by atoms with Crippen LogP contribution in [-0.2, 0) is 20.0 Å². The van der Waals surface area contributed by atoms with Crippen molar-refractivity contribution in [2.75, 3.05) is 9.44 Å². The molecule has 1 heterocycles. The van der Waals surface area contributed by atoms with Crippen molar-refractivity contribution in [1.29, 1.82) is 0 Å². The number of hydrogen-bond donors (Lipinski definition) is 2. The first kappa shape index (κ1) is 23.2. The van der Waals surface area contributed by atoms with Crippen molar-refractivity contribution in [3.63, 3.8) is 0 Å². The Kier molecular flexibility index (Phi) is 5.70. The molecule has 1 aromatic heterocycles. The van der Waals surface area contributed by atoms with Gasteiger partial charge in [0.15, 0.2) is 0 Å². The zero-order valence-corrected chi connectivity index (χ0v) is 20.1. The third-order valence-electron chi connectivity index (χ3n) is 5.23. The number of anilines is 2. The molecule has 35 heavy (non-hydrogen) atoms. The van der Waals surface area contributed by atoms with Crippen molar-refractivity contribution >= 4 is 62.9 Å². The Morgan fingerprint density at radius 2 is 0.914 bits per heavy atom. The molecule has 0 spiro atoms. The fourth-order valence-corrected chi connectivity index (χ4v) is 6.77. The molecule has 5 rings (SSSR count). The van der Waals surface area contributed by atoms with Crippen molar-refractivity contribution in [2.24, 2.45) is 0 Å². The lowest BCUT2D eigenvalue weighted by Gasteiger charge is -2.09. The van der Waals surface area contributed by atoms with E-state index in [-0.39, 0.29) is 21.2 Å². The molecular formula is C24H16F2N2O4S3. The van der Waals surface area contributed by atoms with Crippen molar-refractivity contribution in [1.82, 2.24) is 0 Å². The van der Waals surface area contributed by atoms with Gasteiger partial charge >= 0.3 is 0 Å². The quantitative estimate of drug-likeness (QED) is 0.284. The second kappa shape index (κ2) is 8.59. The van der Waals surface area contributed by atoms with E-state index in [0.717, 1.165) is 33.7 Å². The summed E-state index contributed by atoms with van der Waals surface area (Å²) in [5.74, 6) is -0.974. The maximum atomic E-state index is 13.1. The minimum absolute atomic E-state index is 0.0216. The Morgan fingerprint density at radius 3 is 1.29 bits per heavy atom. The van der Waals surface area contributed by atoms with Gasteiger partial charge in [-0.3, -0.25) is 9.44 Å². The Hall–Kier alpha value is -3.54. The molecule has 0 atom stereocenters. The Morgan fingerprint density at radius 1 is 0.543 bits per heavy atom. The van der Waals surface area contributed by atoms with Gasteiger partial charge in [0.2, 0.25) is 0 Å². The van der Waals surface area contributed by atoms with Gasteiger partial charge < -0.3 is 0 Å². The second-order valence-corrected chi connectivity index (χ2v) is 12.1. The summed E-state index contributed by atoms with van der Waals surface area (Å²) in [6.45, 7) is 0. The van der Waals surface area contributed by atoms with Crippen LogP contribution in [0.15, 0.2) is 94.7 Å². The predicted molar refractivity (Wildman–Crippen MR) is 134 cm³/mol. The van der Waals surface area contributed by atoms with Crippen molar-refractivity contribution in [3.8, 4) is 0 Å². The Labute approximate surface area is 204 Å². The molecule has 0 bridgehead atoms. The van der Waals surface area contributed by atoms with Gasteiger partial charge in [-0.2, -0.15) is 0 Å². The Bertz CT molecular complexity index is 1650. The summed E-state index contributed by atoms with van der Waals surface area (Å²) >= 11 is 1.40. The molecule has 6 nitrogen and oxygen atoms in total. The SMILES string of the molecule is O=S(=O)(Nc1ccc(F)cc1)c1ccc2sc3ccc(S(=O)(=O)Nc4ccc(F)cc4)cc3c2c1. The summed E-state index contributed by atoms with van der Waals surface area (Å²) in [4.78, 5) is -0.0431. The summed E-state index contributed by atoms with van der Waals surface area (Å²) < 4.78 is 84.3. The van der Waals surface area contributed by atoms with Gasteiger partial charge in [-0.1, -0.05) is 0 Å². The van der Waals surface area contributed by atoms with Gasteiger partial charge in [-0.25, -0.2) is 25.6 Å². The van der Waals surface area contributed by atoms with E-state index in [2.05, 4.69) is 9.44 Å². The zero-order chi connectivity index (χ0) is 24.8. The monoisotopic (exact) mass is 530 g/mol. The van der Waals surface area contributed by atoms with Crippen LogP contribution in [0.2, 0.25) is 0 Å². The molecule has 178 valence electrons. The lowest BCUT2D eigenvalue weighted by atomic mass is 10.1. The van der Waals surface area contributed by atoms with Gasteiger partial charge in [0, 0.05) is 31.5 Å². The van der Waals surface area contributed by atoms with Gasteiger partial charge in [0.25, 0.3) is 20.0 Å². The van der Waals surface area contributed by atoms with E-state index < -0.39 is 31.7 Å². The minimum atomic E-state index is -3.98. The average Bonchev–Trinajstić information content (AvgIpc) is 3.19. The first-order valence-corrected chi connectivity index (χ1v) is 13.9. The lowest BCUT2D eigenvalue weighted by molar-refractivity contribution is 0.599. The molecule has 0 fully saturated rings. The smallest absolute Gasteiger partial charge is 0.261 e. The fourth-order valence-electron chi connectivity index (χ4n) is 3.53. The number of halogens is 2. The highest BCUT2D eigenvalue weighted by atomic mass is 32.2. The largest absolute Gasteiger partial charge is 0.280 e. The number of hydrogen-bond acceptors (Lipinski definition) is 5. The summed E-state index contributed by atoms with van der Waals surface area (Å²) in [6.07, 6.45) is 0. The summed E-state index contributed by atoms with van der Waals surface area (Å²) in [5.41, 5.74) is 0.420. The highest BCUT2D eigenvalue weighted by molar-refractivity contribution is 7.93. The number of benzene rings is 4. The molecule has 0 saturated carbocycles. The molecule has 0 aliphatic heterocycles. The topological polar surface area (TPSA) is 92.3 Å². The van der Waals surface area contributed by atoms with Crippen LogP contribution in [0.5, 0.6) is 0 Å². The summed E-state index contributed by atoms with van der Waals surface area (Å²) in [5, 5.41) is 1.15. The van der Waals surface area contributed by atoms with Crippen LogP contribution in [0.1, 0.15) is 0 Å². The third kappa shape index (κ3) is 4.70. The van der Waals surface area contributed by atoms with E-state index in [0.29, 0.717) is 10.8 Å². The van der Waals surface area contributed by atoms with Gasteiger partial charge in [0.1, 0.15) is 11.6 Å². The van der Waals surface area contributed by atoms with E-state index in [1.54, 1.807) is 12.1 Å². The molecule has 2 N–H and O–H groups in total. The van der Waals surface area contributed by atoms with E-state index >= 15 is 0 Å². The standard InChI is InChI=1S/C24H16F2N2O4S3/c25-15-1-5-17(6-2-15)27-34(29,30)19-9-11-23-21(13-19)22-14-20(10-12-24(22)33-23)35(31,32)28-18-7-3-16(26)4-8-18/h1-14,27-28H. The van der Waals surface area contributed by atoms with Crippen LogP contribution in [0.25, 0.3) is 20.2 Å². The van der Waals surface area contributed by atoms with E-state index in [9.17, 15) is 25.6 Å². The zero-order valence-electron chi connectivity index (χ0n) is 17.7. The highest BCUT2D eigenvalue weighted by Crippen LogP contribution is 2.37. The summed E-state index contributed by atoms with van der Waals surface area (Å²) in [7, 11) is -7.95. The number of nitrogens with one attached hydrogen (secondary N) is 2. The number of thiophene rings is 1. The Balaban J connectivity index is 1.53. The third-order valence-corrected chi connectivity index (χ3v) is 9.14. The fraction of sp³-hybridized carbons (Fsp3) is 0. The first-order chi connectivity index (χ1) is 16.6. The van der Waals surface area contributed by atoms with Crippen LogP contribution in [0.4, 0.5) is 20.2 Å². The highest BCUT2D eigenvalue weighted by Gasteiger charge is 2.19. The van der Waals surface area contributed by atoms with Crippen LogP contribution >= 0.6 is 11.3 Å². The molecular weight excluding hydrogens is 514 g/mol. The molecule has 0 aliphatic rings. The lowest BCUT2D eigenvalue weighted by Crippen LogP contribution is -2.13.